The molecule has 102 valence electrons. The first-order valence-corrected chi connectivity index (χ1v) is 8.25. The molecule has 0 aliphatic carbocycles. The van der Waals surface area contributed by atoms with E-state index in [1.54, 1.807) is 5.82 Å². The number of hydrogen-bond acceptors (Lipinski definition) is 3. The molecule has 0 radical (unpaired) electrons. The Morgan fingerprint density at radius 3 is 2.74 bits per heavy atom. The number of ether oxygens (including phenoxy) is 1. The van der Waals surface area contributed by atoms with Gasteiger partial charge in [0.05, 0.1) is 7.11 Å². The number of carbonyl (C=O) groups excluding carboxylic acids is 1. The fraction of sp³-hybridized carbons (Fsp3) is 0.357. The van der Waals surface area contributed by atoms with Crippen LogP contribution in [0.5, 0.6) is 0 Å². The average Bonchev–Trinajstić information content (AvgIpc) is 2.85. The molecule has 2 unspecified atom stereocenters. The molecule has 0 amide bonds. The standard InChI is InChI=1S/C14H18NO3P/c1-18-14(16)13(11-12-7-3-2-4-8-12)15-19(17)9-5-6-10-19/h2-5,7-9,13H,6,10-11H2,1H3,(H,15,17). The summed E-state index contributed by atoms with van der Waals surface area (Å²) in [5, 5.41) is 2.99. The van der Waals surface area contributed by atoms with Gasteiger partial charge in [-0.1, -0.05) is 36.4 Å². The summed E-state index contributed by atoms with van der Waals surface area (Å²) in [7, 11) is -1.21. The summed E-state index contributed by atoms with van der Waals surface area (Å²) in [4.78, 5) is 11.8. The van der Waals surface area contributed by atoms with Crippen molar-refractivity contribution in [1.82, 2.24) is 5.09 Å². The van der Waals surface area contributed by atoms with Crippen LogP contribution >= 0.6 is 7.29 Å². The summed E-state index contributed by atoms with van der Waals surface area (Å²) < 4.78 is 17.2. The van der Waals surface area contributed by atoms with Gasteiger partial charge in [0.2, 0.25) is 0 Å². The zero-order chi connectivity index (χ0) is 13.7. The average molecular weight is 279 g/mol. The van der Waals surface area contributed by atoms with Gasteiger partial charge in [-0.2, -0.15) is 0 Å². The Bertz CT molecular complexity index is 513. The minimum absolute atomic E-state index is 0.376. The Morgan fingerprint density at radius 1 is 1.42 bits per heavy atom. The van der Waals surface area contributed by atoms with Crippen LogP contribution in [0.2, 0.25) is 0 Å². The second-order valence-corrected chi connectivity index (χ2v) is 7.18. The molecule has 0 saturated heterocycles. The van der Waals surface area contributed by atoms with Crippen LogP contribution in [-0.2, 0) is 20.5 Å². The van der Waals surface area contributed by atoms with E-state index in [1.165, 1.54) is 7.11 Å². The molecule has 0 fully saturated rings. The number of benzene rings is 1. The smallest absolute Gasteiger partial charge is 0.323 e. The van der Waals surface area contributed by atoms with Crippen molar-refractivity contribution in [1.29, 1.82) is 0 Å². The molecule has 1 aromatic carbocycles. The number of methoxy groups -OCH3 is 1. The summed E-state index contributed by atoms with van der Waals surface area (Å²) in [6.45, 7) is 0. The topological polar surface area (TPSA) is 55.4 Å². The van der Waals surface area contributed by atoms with E-state index in [0.29, 0.717) is 12.6 Å². The van der Waals surface area contributed by atoms with Gasteiger partial charge in [-0.05, 0) is 24.2 Å². The van der Waals surface area contributed by atoms with Crippen molar-refractivity contribution in [3.8, 4) is 0 Å². The largest absolute Gasteiger partial charge is 0.468 e. The van der Waals surface area contributed by atoms with E-state index >= 15 is 0 Å². The minimum Gasteiger partial charge on any atom is -0.468 e. The normalized spacial score (nSPS) is 23.2. The van der Waals surface area contributed by atoms with Crippen LogP contribution in [0.15, 0.2) is 42.2 Å². The van der Waals surface area contributed by atoms with Gasteiger partial charge in [-0.25, -0.2) is 5.09 Å². The molecule has 0 bridgehead atoms. The number of hydrogen-bond donors (Lipinski definition) is 1. The van der Waals surface area contributed by atoms with Crippen LogP contribution in [0, 0.1) is 0 Å². The van der Waals surface area contributed by atoms with Gasteiger partial charge in [-0.15, -0.1) is 0 Å². The third kappa shape index (κ3) is 3.79. The molecule has 1 aliphatic rings. The lowest BCUT2D eigenvalue weighted by molar-refractivity contribution is -0.142. The second kappa shape index (κ2) is 6.18. The first kappa shape index (κ1) is 14.0. The van der Waals surface area contributed by atoms with Crippen molar-refractivity contribution >= 4 is 13.3 Å². The molecule has 1 N–H and O–H groups in total. The lowest BCUT2D eigenvalue weighted by atomic mass is 10.1. The summed E-state index contributed by atoms with van der Waals surface area (Å²) in [5.41, 5.74) is 1.01. The van der Waals surface area contributed by atoms with E-state index < -0.39 is 13.3 Å². The molecule has 1 aromatic rings. The van der Waals surface area contributed by atoms with Crippen LogP contribution in [-0.4, -0.2) is 25.3 Å². The highest BCUT2D eigenvalue weighted by Gasteiger charge is 2.29. The summed E-state index contributed by atoms with van der Waals surface area (Å²) in [6, 6.07) is 9.07. The number of nitrogens with one attached hydrogen (secondary N) is 1. The van der Waals surface area contributed by atoms with Crippen LogP contribution in [0.1, 0.15) is 12.0 Å². The molecule has 2 rings (SSSR count). The molecular weight excluding hydrogens is 261 g/mol. The Hall–Kier alpha value is -1.38. The van der Waals surface area contributed by atoms with Gasteiger partial charge in [0.1, 0.15) is 6.04 Å². The van der Waals surface area contributed by atoms with E-state index in [-0.39, 0.29) is 5.97 Å². The third-order valence-corrected chi connectivity index (χ3v) is 5.48. The lowest BCUT2D eigenvalue weighted by Gasteiger charge is -2.20. The SMILES string of the molecule is COC(=O)C(Cc1ccccc1)NP1(=O)C=CCC1. The van der Waals surface area contributed by atoms with Crippen LogP contribution in [0.3, 0.4) is 0 Å². The molecule has 4 nitrogen and oxygen atoms in total. The number of allylic oxidation sites excluding steroid dienone is 1. The van der Waals surface area contributed by atoms with Crippen molar-refractivity contribution < 1.29 is 14.1 Å². The minimum atomic E-state index is -2.56. The predicted octanol–water partition coefficient (Wildman–Crippen LogP) is 2.56. The van der Waals surface area contributed by atoms with Crippen molar-refractivity contribution in [2.24, 2.45) is 0 Å². The van der Waals surface area contributed by atoms with Crippen molar-refractivity contribution in [3.63, 3.8) is 0 Å². The zero-order valence-electron chi connectivity index (χ0n) is 10.9. The summed E-state index contributed by atoms with van der Waals surface area (Å²) >= 11 is 0. The monoisotopic (exact) mass is 279 g/mol. The molecule has 0 aromatic heterocycles. The van der Waals surface area contributed by atoms with E-state index in [4.69, 9.17) is 4.74 Å². The van der Waals surface area contributed by atoms with Gasteiger partial charge in [-0.3, -0.25) is 4.79 Å². The zero-order valence-corrected chi connectivity index (χ0v) is 11.8. The van der Waals surface area contributed by atoms with Gasteiger partial charge >= 0.3 is 5.97 Å². The lowest BCUT2D eigenvalue weighted by Crippen LogP contribution is -2.37. The Balaban J connectivity index is 2.10. The first-order chi connectivity index (χ1) is 9.13. The Kier molecular flexibility index (Phi) is 4.56. The summed E-state index contributed by atoms with van der Waals surface area (Å²) in [5.74, 6) is 1.33. The predicted molar refractivity (Wildman–Crippen MR) is 75.3 cm³/mol. The maximum Gasteiger partial charge on any atom is 0.323 e. The molecule has 2 atom stereocenters. The van der Waals surface area contributed by atoms with Gasteiger partial charge in [0.25, 0.3) is 0 Å². The van der Waals surface area contributed by atoms with Crippen molar-refractivity contribution in [2.45, 2.75) is 18.9 Å². The van der Waals surface area contributed by atoms with E-state index in [1.807, 2.05) is 36.4 Å². The molecule has 1 aliphatic heterocycles. The molecule has 5 heteroatoms. The highest BCUT2D eigenvalue weighted by molar-refractivity contribution is 7.65. The number of rotatable bonds is 5. The highest BCUT2D eigenvalue weighted by atomic mass is 31.2. The molecule has 19 heavy (non-hydrogen) atoms. The van der Waals surface area contributed by atoms with E-state index in [0.717, 1.165) is 12.0 Å². The molecule has 1 heterocycles. The van der Waals surface area contributed by atoms with E-state index in [2.05, 4.69) is 5.09 Å². The highest BCUT2D eigenvalue weighted by Crippen LogP contribution is 2.48. The van der Waals surface area contributed by atoms with Gasteiger partial charge < -0.3 is 9.30 Å². The molecule has 0 spiro atoms. The van der Waals surface area contributed by atoms with Crippen LogP contribution < -0.4 is 5.09 Å². The first-order valence-electron chi connectivity index (χ1n) is 6.29. The third-order valence-electron chi connectivity index (χ3n) is 3.12. The quantitative estimate of drug-likeness (QED) is 0.665. The molecular formula is C14H18NO3P. The van der Waals surface area contributed by atoms with Crippen molar-refractivity contribution in [3.05, 3.63) is 47.8 Å². The van der Waals surface area contributed by atoms with Gasteiger partial charge in [0, 0.05) is 6.16 Å². The second-order valence-electron chi connectivity index (χ2n) is 4.59. The maximum atomic E-state index is 12.4. The fourth-order valence-corrected chi connectivity index (χ4v) is 4.24. The molecule has 0 saturated carbocycles. The maximum absolute atomic E-state index is 12.4. The van der Waals surface area contributed by atoms with Crippen LogP contribution in [0.4, 0.5) is 0 Å². The summed E-state index contributed by atoms with van der Waals surface area (Å²) in [6.07, 6.45) is 3.74. The van der Waals surface area contributed by atoms with E-state index in [9.17, 15) is 9.36 Å². The number of esters is 1. The Morgan fingerprint density at radius 2 is 2.16 bits per heavy atom. The Labute approximate surface area is 113 Å². The van der Waals surface area contributed by atoms with Crippen molar-refractivity contribution in [2.75, 3.05) is 13.3 Å². The fourth-order valence-electron chi connectivity index (χ4n) is 2.13. The number of carbonyl (C=O) groups is 1. The van der Waals surface area contributed by atoms with Gasteiger partial charge in [0.15, 0.2) is 7.29 Å². The van der Waals surface area contributed by atoms with Crippen LogP contribution in [0.25, 0.3) is 0 Å².